The molecule has 134 valence electrons. The minimum atomic E-state index is 0.324. The second-order valence-electron chi connectivity index (χ2n) is 6.48. The van der Waals surface area contributed by atoms with Crippen LogP contribution in [0.4, 0.5) is 0 Å². The zero-order valence-corrected chi connectivity index (χ0v) is 15.5. The van der Waals surface area contributed by atoms with E-state index < -0.39 is 0 Å². The Balaban J connectivity index is 2.06. The SMILES string of the molecule is CCC(C)NC(=NC)NCC(c1ccc(C)cc1)N1CCOCC1. The molecule has 2 atom stereocenters. The smallest absolute Gasteiger partial charge is 0.191 e. The number of nitrogens with one attached hydrogen (secondary N) is 2. The summed E-state index contributed by atoms with van der Waals surface area (Å²) in [6.45, 7) is 10.9. The van der Waals surface area contributed by atoms with Crippen LogP contribution in [0.1, 0.15) is 37.4 Å². The molecule has 1 heterocycles. The summed E-state index contributed by atoms with van der Waals surface area (Å²) < 4.78 is 5.52. The van der Waals surface area contributed by atoms with Crippen LogP contribution in [0.3, 0.4) is 0 Å². The summed E-state index contributed by atoms with van der Waals surface area (Å²) in [5.74, 6) is 0.870. The van der Waals surface area contributed by atoms with Gasteiger partial charge in [0.1, 0.15) is 0 Å². The third-order valence-electron chi connectivity index (χ3n) is 4.63. The summed E-state index contributed by atoms with van der Waals surface area (Å²) in [7, 11) is 1.83. The summed E-state index contributed by atoms with van der Waals surface area (Å²) in [5.41, 5.74) is 2.63. The lowest BCUT2D eigenvalue weighted by molar-refractivity contribution is 0.0170. The molecule has 1 aliphatic rings. The lowest BCUT2D eigenvalue weighted by atomic mass is 10.0. The van der Waals surface area contributed by atoms with Crippen molar-refractivity contribution in [3.8, 4) is 0 Å². The van der Waals surface area contributed by atoms with E-state index in [0.29, 0.717) is 12.1 Å². The molecule has 0 saturated carbocycles. The first-order valence-corrected chi connectivity index (χ1v) is 8.99. The van der Waals surface area contributed by atoms with E-state index in [-0.39, 0.29) is 0 Å². The van der Waals surface area contributed by atoms with Crippen LogP contribution in [0.15, 0.2) is 29.3 Å². The number of rotatable bonds is 6. The van der Waals surface area contributed by atoms with Gasteiger partial charge in [-0.3, -0.25) is 9.89 Å². The van der Waals surface area contributed by atoms with Gasteiger partial charge >= 0.3 is 0 Å². The molecule has 0 spiro atoms. The Morgan fingerprint density at radius 1 is 1.25 bits per heavy atom. The Kier molecular flexibility index (Phi) is 7.53. The summed E-state index contributed by atoms with van der Waals surface area (Å²) in [6, 6.07) is 9.59. The summed E-state index contributed by atoms with van der Waals surface area (Å²) in [6.07, 6.45) is 1.07. The van der Waals surface area contributed by atoms with Gasteiger partial charge in [-0.1, -0.05) is 36.8 Å². The summed E-state index contributed by atoms with van der Waals surface area (Å²) in [4.78, 5) is 6.85. The molecule has 5 heteroatoms. The predicted octanol–water partition coefficient (Wildman–Crippen LogP) is 2.33. The van der Waals surface area contributed by atoms with Gasteiger partial charge in [0.05, 0.1) is 19.3 Å². The molecule has 0 aromatic heterocycles. The number of morpholine rings is 1. The van der Waals surface area contributed by atoms with Crippen LogP contribution in [0.5, 0.6) is 0 Å². The molecule has 2 rings (SSSR count). The van der Waals surface area contributed by atoms with E-state index in [1.807, 2.05) is 7.05 Å². The monoisotopic (exact) mass is 332 g/mol. The van der Waals surface area contributed by atoms with Crippen LogP contribution in [0.25, 0.3) is 0 Å². The van der Waals surface area contributed by atoms with Crippen LogP contribution >= 0.6 is 0 Å². The van der Waals surface area contributed by atoms with Crippen molar-refractivity contribution < 1.29 is 4.74 Å². The molecule has 1 aliphatic heterocycles. The van der Waals surface area contributed by atoms with Crippen molar-refractivity contribution in [2.45, 2.75) is 39.3 Å². The normalized spacial score (nSPS) is 18.9. The highest BCUT2D eigenvalue weighted by molar-refractivity contribution is 5.79. The molecular formula is C19H32N4O. The Morgan fingerprint density at radius 2 is 1.92 bits per heavy atom. The maximum atomic E-state index is 5.52. The summed E-state index contributed by atoms with van der Waals surface area (Å²) >= 11 is 0. The van der Waals surface area contributed by atoms with Gasteiger partial charge in [-0.25, -0.2) is 0 Å². The van der Waals surface area contributed by atoms with Gasteiger partial charge in [0.2, 0.25) is 0 Å². The van der Waals surface area contributed by atoms with Crippen molar-refractivity contribution in [2.75, 3.05) is 39.9 Å². The van der Waals surface area contributed by atoms with Crippen molar-refractivity contribution in [1.29, 1.82) is 0 Å². The lowest BCUT2D eigenvalue weighted by Gasteiger charge is -2.35. The molecule has 1 aromatic rings. The Labute approximate surface area is 146 Å². The summed E-state index contributed by atoms with van der Waals surface area (Å²) in [5, 5.41) is 6.93. The average Bonchev–Trinajstić information content (AvgIpc) is 2.63. The van der Waals surface area contributed by atoms with Gasteiger partial charge in [0.25, 0.3) is 0 Å². The largest absolute Gasteiger partial charge is 0.379 e. The number of nitrogens with zero attached hydrogens (tertiary/aromatic N) is 2. The second kappa shape index (κ2) is 9.64. The van der Waals surface area contributed by atoms with Crippen molar-refractivity contribution in [3.63, 3.8) is 0 Å². The van der Waals surface area contributed by atoms with E-state index in [9.17, 15) is 0 Å². The topological polar surface area (TPSA) is 48.9 Å². The van der Waals surface area contributed by atoms with E-state index in [4.69, 9.17) is 4.74 Å². The number of ether oxygens (including phenoxy) is 1. The van der Waals surface area contributed by atoms with Crippen molar-refractivity contribution >= 4 is 5.96 Å². The quantitative estimate of drug-likeness (QED) is 0.620. The fraction of sp³-hybridized carbons (Fsp3) is 0.632. The van der Waals surface area contributed by atoms with Crippen molar-refractivity contribution in [2.24, 2.45) is 4.99 Å². The Bertz CT molecular complexity index is 509. The molecule has 1 saturated heterocycles. The van der Waals surface area contributed by atoms with E-state index in [1.165, 1.54) is 11.1 Å². The van der Waals surface area contributed by atoms with Crippen LogP contribution in [0, 0.1) is 6.92 Å². The first-order chi connectivity index (χ1) is 11.6. The average molecular weight is 332 g/mol. The maximum absolute atomic E-state index is 5.52. The van der Waals surface area contributed by atoms with Crippen LogP contribution < -0.4 is 10.6 Å². The van der Waals surface area contributed by atoms with E-state index in [2.05, 4.69) is 65.6 Å². The predicted molar refractivity (Wildman–Crippen MR) is 101 cm³/mol. The number of hydrogen-bond donors (Lipinski definition) is 2. The standard InChI is InChI=1S/C19H32N4O/c1-5-16(3)22-19(20-4)21-14-18(23-10-12-24-13-11-23)17-8-6-15(2)7-9-17/h6-9,16,18H,5,10-14H2,1-4H3,(H2,20,21,22). The molecule has 1 aromatic carbocycles. The van der Waals surface area contributed by atoms with Crippen molar-refractivity contribution in [3.05, 3.63) is 35.4 Å². The highest BCUT2D eigenvalue weighted by atomic mass is 16.5. The molecule has 24 heavy (non-hydrogen) atoms. The second-order valence-corrected chi connectivity index (χ2v) is 6.48. The third-order valence-corrected chi connectivity index (χ3v) is 4.63. The fourth-order valence-corrected chi connectivity index (χ4v) is 2.86. The lowest BCUT2D eigenvalue weighted by Crippen LogP contribution is -2.47. The van der Waals surface area contributed by atoms with Gasteiger partial charge in [-0.15, -0.1) is 0 Å². The Hall–Kier alpha value is -1.59. The molecule has 0 bridgehead atoms. The number of hydrogen-bond acceptors (Lipinski definition) is 3. The van der Waals surface area contributed by atoms with Crippen LogP contribution in [0.2, 0.25) is 0 Å². The van der Waals surface area contributed by atoms with E-state index in [1.54, 1.807) is 0 Å². The van der Waals surface area contributed by atoms with Gasteiger partial charge in [0, 0.05) is 32.7 Å². The first-order valence-electron chi connectivity index (χ1n) is 8.99. The number of aryl methyl sites for hydroxylation is 1. The van der Waals surface area contributed by atoms with Crippen LogP contribution in [-0.4, -0.2) is 56.8 Å². The minimum Gasteiger partial charge on any atom is -0.379 e. The highest BCUT2D eigenvalue weighted by Gasteiger charge is 2.23. The molecule has 2 N–H and O–H groups in total. The van der Waals surface area contributed by atoms with E-state index in [0.717, 1.165) is 45.2 Å². The first kappa shape index (κ1) is 18.7. The van der Waals surface area contributed by atoms with E-state index >= 15 is 0 Å². The van der Waals surface area contributed by atoms with Gasteiger partial charge in [0.15, 0.2) is 5.96 Å². The van der Waals surface area contributed by atoms with Gasteiger partial charge < -0.3 is 15.4 Å². The highest BCUT2D eigenvalue weighted by Crippen LogP contribution is 2.21. The fourth-order valence-electron chi connectivity index (χ4n) is 2.86. The van der Waals surface area contributed by atoms with Gasteiger partial charge in [-0.05, 0) is 25.8 Å². The number of aliphatic imine (C=N–C) groups is 1. The number of guanidine groups is 1. The molecule has 0 aliphatic carbocycles. The van der Waals surface area contributed by atoms with Crippen molar-refractivity contribution in [1.82, 2.24) is 15.5 Å². The molecule has 5 nitrogen and oxygen atoms in total. The maximum Gasteiger partial charge on any atom is 0.191 e. The minimum absolute atomic E-state index is 0.324. The zero-order chi connectivity index (χ0) is 17.4. The van der Waals surface area contributed by atoms with Gasteiger partial charge in [-0.2, -0.15) is 0 Å². The third kappa shape index (κ3) is 5.49. The van der Waals surface area contributed by atoms with Crippen LogP contribution in [-0.2, 0) is 4.74 Å². The molecule has 0 amide bonds. The molecular weight excluding hydrogens is 300 g/mol. The molecule has 2 unspecified atom stereocenters. The zero-order valence-electron chi connectivity index (χ0n) is 15.5. The number of benzene rings is 1. The Morgan fingerprint density at radius 3 is 2.50 bits per heavy atom. The molecule has 0 radical (unpaired) electrons. The molecule has 1 fully saturated rings.